The number of nitriles is 1. The Labute approximate surface area is 125 Å². The van der Waals surface area contributed by atoms with Crippen LogP contribution in [-0.2, 0) is 4.74 Å². The van der Waals surface area contributed by atoms with E-state index in [4.69, 9.17) is 21.6 Å². The van der Waals surface area contributed by atoms with Crippen molar-refractivity contribution < 1.29 is 4.74 Å². The number of hydrogen-bond acceptors (Lipinski definition) is 4. The number of anilines is 1. The lowest BCUT2D eigenvalue weighted by molar-refractivity contribution is 0.0636. The SMILES string of the molecule is COCC1(CNc2ccc(Cl)cc2C#N)CCNCC1. The molecule has 0 amide bonds. The van der Waals surface area contributed by atoms with Gasteiger partial charge in [0.2, 0.25) is 0 Å². The molecule has 0 saturated carbocycles. The number of methoxy groups -OCH3 is 1. The molecule has 20 heavy (non-hydrogen) atoms. The first-order chi connectivity index (χ1) is 9.69. The second-order valence-electron chi connectivity index (χ2n) is 5.34. The molecule has 1 heterocycles. The van der Waals surface area contributed by atoms with Crippen LogP contribution in [0.25, 0.3) is 0 Å². The van der Waals surface area contributed by atoms with E-state index in [1.54, 1.807) is 19.2 Å². The molecule has 0 atom stereocenters. The summed E-state index contributed by atoms with van der Waals surface area (Å²) in [6.45, 7) is 3.56. The van der Waals surface area contributed by atoms with Crippen LogP contribution in [0.3, 0.4) is 0 Å². The molecule has 0 unspecified atom stereocenters. The summed E-state index contributed by atoms with van der Waals surface area (Å²) in [5.41, 5.74) is 1.55. The quantitative estimate of drug-likeness (QED) is 0.876. The number of halogens is 1. The van der Waals surface area contributed by atoms with E-state index in [2.05, 4.69) is 16.7 Å². The minimum Gasteiger partial charge on any atom is -0.384 e. The number of piperidine rings is 1. The van der Waals surface area contributed by atoms with E-state index in [1.165, 1.54) is 0 Å². The zero-order valence-corrected chi connectivity index (χ0v) is 12.5. The maximum Gasteiger partial charge on any atom is 0.101 e. The van der Waals surface area contributed by atoms with Crippen molar-refractivity contribution in [1.29, 1.82) is 5.26 Å². The van der Waals surface area contributed by atoms with Crippen LogP contribution in [0.1, 0.15) is 18.4 Å². The topological polar surface area (TPSA) is 57.1 Å². The van der Waals surface area contributed by atoms with E-state index in [0.717, 1.165) is 44.8 Å². The third kappa shape index (κ3) is 3.63. The van der Waals surface area contributed by atoms with E-state index in [0.29, 0.717) is 10.6 Å². The van der Waals surface area contributed by atoms with Crippen molar-refractivity contribution in [3.63, 3.8) is 0 Å². The van der Waals surface area contributed by atoms with Gasteiger partial charge in [0, 0.05) is 24.1 Å². The van der Waals surface area contributed by atoms with Crippen LogP contribution in [0.4, 0.5) is 5.69 Å². The van der Waals surface area contributed by atoms with E-state index >= 15 is 0 Å². The van der Waals surface area contributed by atoms with Gasteiger partial charge in [-0.1, -0.05) is 11.6 Å². The predicted octanol–water partition coefficient (Wildman–Crippen LogP) is 2.64. The molecule has 2 rings (SSSR count). The Balaban J connectivity index is 2.08. The molecular formula is C15H20ClN3O. The first kappa shape index (κ1) is 15.1. The highest BCUT2D eigenvalue weighted by molar-refractivity contribution is 6.30. The molecule has 1 saturated heterocycles. The molecule has 2 N–H and O–H groups in total. The van der Waals surface area contributed by atoms with Gasteiger partial charge in [0.25, 0.3) is 0 Å². The van der Waals surface area contributed by atoms with Gasteiger partial charge in [0.05, 0.1) is 17.9 Å². The monoisotopic (exact) mass is 293 g/mol. The minimum absolute atomic E-state index is 0.131. The lowest BCUT2D eigenvalue weighted by Crippen LogP contribution is -2.44. The van der Waals surface area contributed by atoms with Crippen LogP contribution in [0.15, 0.2) is 18.2 Å². The van der Waals surface area contributed by atoms with E-state index < -0.39 is 0 Å². The largest absolute Gasteiger partial charge is 0.384 e. The standard InChI is InChI=1S/C15H20ClN3O/c1-20-11-15(4-6-18-7-5-15)10-19-14-3-2-13(16)8-12(14)9-17/h2-3,8,18-19H,4-7,10-11H2,1H3. The summed E-state index contributed by atoms with van der Waals surface area (Å²) in [6, 6.07) is 7.53. The summed E-state index contributed by atoms with van der Waals surface area (Å²) in [5.74, 6) is 0. The van der Waals surface area contributed by atoms with Crippen LogP contribution in [0, 0.1) is 16.7 Å². The van der Waals surface area contributed by atoms with Crippen LogP contribution in [0.2, 0.25) is 5.02 Å². The van der Waals surface area contributed by atoms with Gasteiger partial charge in [-0.05, 0) is 44.1 Å². The van der Waals surface area contributed by atoms with Crippen molar-refractivity contribution in [3.8, 4) is 6.07 Å². The van der Waals surface area contributed by atoms with Crippen molar-refractivity contribution in [2.24, 2.45) is 5.41 Å². The Bertz CT molecular complexity index is 487. The smallest absolute Gasteiger partial charge is 0.101 e. The molecule has 1 fully saturated rings. The summed E-state index contributed by atoms with van der Waals surface area (Å²) >= 11 is 5.91. The van der Waals surface area contributed by atoms with Gasteiger partial charge in [0.1, 0.15) is 6.07 Å². The summed E-state index contributed by atoms with van der Waals surface area (Å²) in [6.07, 6.45) is 2.15. The lowest BCUT2D eigenvalue weighted by atomic mass is 9.79. The first-order valence-electron chi connectivity index (χ1n) is 6.82. The molecule has 0 spiro atoms. The normalized spacial score (nSPS) is 17.4. The van der Waals surface area contributed by atoms with Crippen LogP contribution < -0.4 is 10.6 Å². The zero-order valence-electron chi connectivity index (χ0n) is 11.7. The summed E-state index contributed by atoms with van der Waals surface area (Å²) < 4.78 is 5.39. The molecule has 1 aliphatic rings. The second kappa shape index (κ2) is 6.94. The second-order valence-corrected chi connectivity index (χ2v) is 5.77. The molecule has 1 aromatic rings. The molecular weight excluding hydrogens is 274 g/mol. The fourth-order valence-corrected chi connectivity index (χ4v) is 2.85. The van der Waals surface area contributed by atoms with Gasteiger partial charge < -0.3 is 15.4 Å². The van der Waals surface area contributed by atoms with Gasteiger partial charge in [0.15, 0.2) is 0 Å². The van der Waals surface area contributed by atoms with E-state index in [1.807, 2.05) is 6.07 Å². The van der Waals surface area contributed by atoms with Gasteiger partial charge in [-0.25, -0.2) is 0 Å². The highest BCUT2D eigenvalue weighted by Crippen LogP contribution is 2.30. The van der Waals surface area contributed by atoms with Crippen molar-refractivity contribution in [3.05, 3.63) is 28.8 Å². The molecule has 0 bridgehead atoms. The van der Waals surface area contributed by atoms with Crippen molar-refractivity contribution in [1.82, 2.24) is 5.32 Å². The molecule has 0 aliphatic carbocycles. The van der Waals surface area contributed by atoms with E-state index in [9.17, 15) is 0 Å². The summed E-state index contributed by atoms with van der Waals surface area (Å²) in [7, 11) is 1.74. The van der Waals surface area contributed by atoms with Gasteiger partial charge in [-0.2, -0.15) is 5.26 Å². The highest BCUT2D eigenvalue weighted by Gasteiger charge is 2.32. The Morgan fingerprint density at radius 2 is 2.20 bits per heavy atom. The molecule has 0 radical (unpaired) electrons. The Morgan fingerprint density at radius 1 is 1.45 bits per heavy atom. The zero-order chi connectivity index (χ0) is 14.4. The van der Waals surface area contributed by atoms with Gasteiger partial charge in [-0.15, -0.1) is 0 Å². The Morgan fingerprint density at radius 3 is 2.85 bits per heavy atom. The maximum atomic E-state index is 9.16. The minimum atomic E-state index is 0.131. The van der Waals surface area contributed by atoms with Crippen molar-refractivity contribution in [2.45, 2.75) is 12.8 Å². The Kier molecular flexibility index (Phi) is 5.24. The maximum absolute atomic E-state index is 9.16. The van der Waals surface area contributed by atoms with Crippen LogP contribution in [0.5, 0.6) is 0 Å². The summed E-state index contributed by atoms with van der Waals surface area (Å²) in [4.78, 5) is 0. The number of ether oxygens (including phenoxy) is 1. The van der Waals surface area contributed by atoms with E-state index in [-0.39, 0.29) is 5.41 Å². The lowest BCUT2D eigenvalue weighted by Gasteiger charge is -2.37. The molecule has 1 aromatic carbocycles. The molecule has 108 valence electrons. The van der Waals surface area contributed by atoms with Gasteiger partial charge >= 0.3 is 0 Å². The van der Waals surface area contributed by atoms with Gasteiger partial charge in [-0.3, -0.25) is 0 Å². The fourth-order valence-electron chi connectivity index (χ4n) is 2.68. The number of rotatable bonds is 5. The van der Waals surface area contributed by atoms with Crippen LogP contribution in [-0.4, -0.2) is 33.4 Å². The van der Waals surface area contributed by atoms with Crippen molar-refractivity contribution >= 4 is 17.3 Å². The molecule has 5 heteroatoms. The number of hydrogen-bond donors (Lipinski definition) is 2. The Hall–Kier alpha value is -1.28. The molecule has 0 aromatic heterocycles. The summed E-state index contributed by atoms with van der Waals surface area (Å²) in [5, 5.41) is 16.5. The third-order valence-corrected chi connectivity index (χ3v) is 4.11. The average molecular weight is 294 g/mol. The molecule has 4 nitrogen and oxygen atoms in total. The first-order valence-corrected chi connectivity index (χ1v) is 7.20. The number of benzene rings is 1. The molecule has 1 aliphatic heterocycles. The number of nitrogens with zero attached hydrogens (tertiary/aromatic N) is 1. The third-order valence-electron chi connectivity index (χ3n) is 3.87. The average Bonchev–Trinajstić information content (AvgIpc) is 2.47. The van der Waals surface area contributed by atoms with Crippen LogP contribution >= 0.6 is 11.6 Å². The highest BCUT2D eigenvalue weighted by atomic mass is 35.5. The number of nitrogens with one attached hydrogen (secondary N) is 2. The van der Waals surface area contributed by atoms with Crippen molar-refractivity contribution in [2.75, 3.05) is 38.7 Å². The predicted molar refractivity (Wildman–Crippen MR) is 81.1 cm³/mol. The fraction of sp³-hybridized carbons (Fsp3) is 0.533.